The molecule has 1 aliphatic rings. The summed E-state index contributed by atoms with van der Waals surface area (Å²) in [6, 6.07) is 26.4. The fraction of sp³-hybridized carbons (Fsp3) is 0.133. The smallest absolute Gasteiger partial charge is 0.167 e. The van der Waals surface area contributed by atoms with Gasteiger partial charge in [0.1, 0.15) is 0 Å². The third-order valence-corrected chi connectivity index (χ3v) is 6.08. The predicted molar refractivity (Wildman–Crippen MR) is 136 cm³/mol. The lowest BCUT2D eigenvalue weighted by molar-refractivity contribution is 0.0993. The number of pyridine rings is 1. The van der Waals surface area contributed by atoms with Crippen molar-refractivity contribution in [2.45, 2.75) is 26.7 Å². The van der Waals surface area contributed by atoms with Crippen LogP contribution in [0.4, 0.5) is 11.4 Å². The number of fused-ring (bicyclic) bond motifs is 1. The van der Waals surface area contributed by atoms with Gasteiger partial charge < -0.3 is 5.32 Å². The Morgan fingerprint density at radius 3 is 2.58 bits per heavy atom. The Morgan fingerprint density at radius 2 is 1.76 bits per heavy atom. The fourth-order valence-corrected chi connectivity index (χ4v) is 4.26. The highest BCUT2D eigenvalue weighted by Crippen LogP contribution is 2.33. The Morgan fingerprint density at radius 1 is 0.909 bits per heavy atom. The summed E-state index contributed by atoms with van der Waals surface area (Å²) in [7, 11) is 0. The fourth-order valence-electron chi connectivity index (χ4n) is 4.26. The molecule has 162 valence electrons. The third kappa shape index (κ3) is 4.49. The molecule has 5 rings (SSSR count). The van der Waals surface area contributed by atoms with Crippen molar-refractivity contribution < 1.29 is 4.79 Å². The first-order valence-corrected chi connectivity index (χ1v) is 11.3. The number of hydrogen-bond donors (Lipinski definition) is 1. The molecule has 0 saturated heterocycles. The lowest BCUT2D eigenvalue weighted by Gasteiger charge is -2.16. The molecule has 0 bridgehead atoms. The van der Waals surface area contributed by atoms with E-state index < -0.39 is 0 Å². The second-order valence-corrected chi connectivity index (χ2v) is 8.63. The van der Waals surface area contributed by atoms with Crippen molar-refractivity contribution in [3.8, 4) is 11.3 Å². The molecule has 1 aliphatic carbocycles. The number of hydrogen-bond acceptors (Lipinski definition) is 3. The van der Waals surface area contributed by atoms with Crippen LogP contribution >= 0.6 is 0 Å². The van der Waals surface area contributed by atoms with Gasteiger partial charge in [0.15, 0.2) is 5.78 Å². The van der Waals surface area contributed by atoms with Crippen molar-refractivity contribution in [3.05, 3.63) is 118 Å². The van der Waals surface area contributed by atoms with Gasteiger partial charge in [-0.15, -0.1) is 0 Å². The number of rotatable bonds is 6. The first-order valence-electron chi connectivity index (χ1n) is 11.3. The minimum Gasteiger partial charge on any atom is -0.355 e. The number of Topliss-reactive ketones (excluding diaryl/α,β-unsaturated/α-hetero) is 1. The number of aryl methyl sites for hydroxylation is 2. The normalized spacial score (nSPS) is 11.9. The molecule has 0 radical (unpaired) electrons. The molecule has 0 amide bonds. The average Bonchev–Trinajstić information content (AvgIpc) is 3.31. The van der Waals surface area contributed by atoms with Gasteiger partial charge in [0, 0.05) is 40.9 Å². The van der Waals surface area contributed by atoms with E-state index in [4.69, 9.17) is 4.98 Å². The van der Waals surface area contributed by atoms with E-state index in [1.54, 1.807) is 0 Å². The largest absolute Gasteiger partial charge is 0.355 e. The lowest BCUT2D eigenvalue weighted by Crippen LogP contribution is -2.05. The number of benzene rings is 3. The van der Waals surface area contributed by atoms with E-state index in [1.165, 1.54) is 0 Å². The van der Waals surface area contributed by atoms with Gasteiger partial charge >= 0.3 is 0 Å². The molecule has 0 spiro atoms. The number of allylic oxidation sites excluding steroid dienone is 1. The first kappa shape index (κ1) is 20.9. The SMILES string of the molecule is Cc1cccc(C(=O)Cc2ccc(C)c(Nc3cc(-c4ccccc4)nc4c3C=CC4)c2)c1. The van der Waals surface area contributed by atoms with Crippen LogP contribution in [0.2, 0.25) is 0 Å². The summed E-state index contributed by atoms with van der Waals surface area (Å²) in [6.45, 7) is 4.10. The van der Waals surface area contributed by atoms with Gasteiger partial charge in [0.05, 0.1) is 11.4 Å². The van der Waals surface area contributed by atoms with Gasteiger partial charge in [0.25, 0.3) is 0 Å². The molecular formula is C30H26N2O. The van der Waals surface area contributed by atoms with E-state index in [-0.39, 0.29) is 5.78 Å². The molecule has 33 heavy (non-hydrogen) atoms. The topological polar surface area (TPSA) is 42.0 Å². The van der Waals surface area contributed by atoms with E-state index in [9.17, 15) is 4.79 Å². The van der Waals surface area contributed by atoms with Crippen molar-refractivity contribution in [1.29, 1.82) is 0 Å². The predicted octanol–water partition coefficient (Wildman–Crippen LogP) is 7.10. The van der Waals surface area contributed by atoms with Gasteiger partial charge in [-0.05, 0) is 43.2 Å². The van der Waals surface area contributed by atoms with Crippen LogP contribution in [0.5, 0.6) is 0 Å². The van der Waals surface area contributed by atoms with Crippen molar-refractivity contribution in [2.75, 3.05) is 5.32 Å². The highest BCUT2D eigenvalue weighted by molar-refractivity contribution is 5.97. The van der Waals surface area contributed by atoms with Gasteiger partial charge in [-0.3, -0.25) is 9.78 Å². The number of nitrogens with zero attached hydrogens (tertiary/aromatic N) is 1. The standard InChI is InChI=1S/C30H26N2O/c1-20-8-6-11-24(16-20)30(33)18-22-15-14-21(2)27(17-22)32-29-19-28(23-9-4-3-5-10-23)31-26-13-7-12-25(26)29/h3-12,14-17,19H,13,18H2,1-2H3,(H,31,32). The quantitative estimate of drug-likeness (QED) is 0.332. The Balaban J connectivity index is 1.45. The van der Waals surface area contributed by atoms with E-state index >= 15 is 0 Å². The number of anilines is 2. The van der Waals surface area contributed by atoms with Crippen LogP contribution < -0.4 is 5.32 Å². The van der Waals surface area contributed by atoms with Crippen LogP contribution in [0, 0.1) is 13.8 Å². The van der Waals surface area contributed by atoms with E-state index in [1.807, 2.05) is 55.5 Å². The number of ketones is 1. The zero-order chi connectivity index (χ0) is 22.8. The second kappa shape index (κ2) is 8.87. The van der Waals surface area contributed by atoms with Crippen LogP contribution in [0.15, 0.2) is 84.9 Å². The van der Waals surface area contributed by atoms with E-state index in [0.717, 1.165) is 62.6 Å². The minimum absolute atomic E-state index is 0.132. The summed E-state index contributed by atoms with van der Waals surface area (Å²) in [5.41, 5.74) is 10.3. The molecule has 3 heteroatoms. The second-order valence-electron chi connectivity index (χ2n) is 8.63. The Labute approximate surface area is 194 Å². The van der Waals surface area contributed by atoms with E-state index in [2.05, 4.69) is 54.7 Å². The summed E-state index contributed by atoms with van der Waals surface area (Å²) < 4.78 is 0. The van der Waals surface area contributed by atoms with Crippen LogP contribution in [0.3, 0.4) is 0 Å². The maximum Gasteiger partial charge on any atom is 0.167 e. The van der Waals surface area contributed by atoms with E-state index in [0.29, 0.717) is 6.42 Å². The molecule has 0 atom stereocenters. The maximum absolute atomic E-state index is 12.8. The van der Waals surface area contributed by atoms with Crippen molar-refractivity contribution in [2.24, 2.45) is 0 Å². The highest BCUT2D eigenvalue weighted by atomic mass is 16.1. The molecule has 3 nitrogen and oxygen atoms in total. The number of carbonyl (C=O) groups is 1. The Kier molecular flexibility index (Phi) is 5.62. The summed E-state index contributed by atoms with van der Waals surface area (Å²) in [5.74, 6) is 0.132. The third-order valence-electron chi connectivity index (χ3n) is 6.08. The zero-order valence-corrected chi connectivity index (χ0v) is 18.9. The molecular weight excluding hydrogens is 404 g/mol. The lowest BCUT2D eigenvalue weighted by atomic mass is 10.00. The van der Waals surface area contributed by atoms with Crippen LogP contribution in [0.1, 0.15) is 38.3 Å². The molecule has 1 aromatic heterocycles. The molecule has 0 unspecified atom stereocenters. The van der Waals surface area contributed by atoms with Gasteiger partial charge in [0.2, 0.25) is 0 Å². The Bertz CT molecular complexity index is 1370. The van der Waals surface area contributed by atoms with Crippen LogP contribution in [0.25, 0.3) is 17.3 Å². The summed E-state index contributed by atoms with van der Waals surface area (Å²) in [5, 5.41) is 3.64. The summed E-state index contributed by atoms with van der Waals surface area (Å²) in [4.78, 5) is 17.7. The molecule has 1 N–H and O–H groups in total. The molecule has 0 fully saturated rings. The zero-order valence-electron chi connectivity index (χ0n) is 18.9. The van der Waals surface area contributed by atoms with Gasteiger partial charge in [-0.1, -0.05) is 78.4 Å². The van der Waals surface area contributed by atoms with Crippen LogP contribution in [-0.4, -0.2) is 10.8 Å². The minimum atomic E-state index is 0.132. The molecule has 4 aromatic rings. The molecule has 0 aliphatic heterocycles. The highest BCUT2D eigenvalue weighted by Gasteiger charge is 2.16. The van der Waals surface area contributed by atoms with Crippen molar-refractivity contribution in [1.82, 2.24) is 4.98 Å². The van der Waals surface area contributed by atoms with Crippen molar-refractivity contribution in [3.63, 3.8) is 0 Å². The molecule has 3 aromatic carbocycles. The molecule has 1 heterocycles. The van der Waals surface area contributed by atoms with Gasteiger partial charge in [-0.2, -0.15) is 0 Å². The molecule has 0 saturated carbocycles. The monoisotopic (exact) mass is 430 g/mol. The van der Waals surface area contributed by atoms with Crippen LogP contribution in [-0.2, 0) is 12.8 Å². The summed E-state index contributed by atoms with van der Waals surface area (Å²) >= 11 is 0. The van der Waals surface area contributed by atoms with Gasteiger partial charge in [-0.25, -0.2) is 0 Å². The number of nitrogens with one attached hydrogen (secondary N) is 1. The average molecular weight is 431 g/mol. The number of aromatic nitrogens is 1. The Hall–Kier alpha value is -3.98. The summed E-state index contributed by atoms with van der Waals surface area (Å²) in [6.07, 6.45) is 5.51. The first-order chi connectivity index (χ1) is 16.1. The number of carbonyl (C=O) groups excluding carboxylic acids is 1. The van der Waals surface area contributed by atoms with Crippen molar-refractivity contribution >= 4 is 23.2 Å². The maximum atomic E-state index is 12.8.